The highest BCUT2D eigenvalue weighted by Crippen LogP contribution is 2.26. The van der Waals surface area contributed by atoms with Crippen LogP contribution in [0.4, 0.5) is 5.82 Å². The maximum Gasteiger partial charge on any atom is 0.222 e. The van der Waals surface area contributed by atoms with E-state index in [9.17, 15) is 4.79 Å². The van der Waals surface area contributed by atoms with Crippen molar-refractivity contribution < 1.29 is 4.79 Å². The highest BCUT2D eigenvalue weighted by molar-refractivity contribution is 5.77. The minimum absolute atomic E-state index is 0.141. The Hall–Kier alpha value is -3.22. The number of unbranched alkanes of at least 4 members (excludes halogenated alkanes) is 1. The molecule has 180 valence electrons. The summed E-state index contributed by atoms with van der Waals surface area (Å²) in [6.07, 6.45) is 13.3. The van der Waals surface area contributed by atoms with Crippen LogP contribution in [0.3, 0.4) is 0 Å². The zero-order valence-corrected chi connectivity index (χ0v) is 20.2. The number of carbonyl (C=O) groups is 1. The molecule has 7 heteroatoms. The van der Waals surface area contributed by atoms with Gasteiger partial charge < -0.3 is 14.8 Å². The van der Waals surface area contributed by atoms with E-state index >= 15 is 0 Å². The van der Waals surface area contributed by atoms with Gasteiger partial charge in [-0.1, -0.05) is 30.3 Å². The van der Waals surface area contributed by atoms with Crippen LogP contribution in [0.15, 0.2) is 55.1 Å². The predicted octanol–water partition coefficient (Wildman–Crippen LogP) is 4.11. The first-order valence-corrected chi connectivity index (χ1v) is 12.5. The van der Waals surface area contributed by atoms with Crippen molar-refractivity contribution in [2.45, 2.75) is 70.9 Å². The van der Waals surface area contributed by atoms with E-state index in [1.165, 1.54) is 5.56 Å². The summed E-state index contributed by atoms with van der Waals surface area (Å²) in [5.74, 6) is 1.94. The molecule has 1 amide bonds. The number of benzene rings is 1. The van der Waals surface area contributed by atoms with Gasteiger partial charge in [-0.2, -0.15) is 0 Å². The third-order valence-electron chi connectivity index (χ3n) is 6.44. The average Bonchev–Trinajstić information content (AvgIpc) is 3.37. The summed E-state index contributed by atoms with van der Waals surface area (Å²) in [6, 6.07) is 12.8. The summed E-state index contributed by atoms with van der Waals surface area (Å²) in [6.45, 7) is 4.50. The molecular formula is C27H36N6O. The second-order valence-corrected chi connectivity index (χ2v) is 9.17. The number of anilines is 1. The fraction of sp³-hybridized carbons (Fsp3) is 0.481. The van der Waals surface area contributed by atoms with E-state index in [0.717, 1.165) is 81.9 Å². The molecule has 1 aliphatic heterocycles. The Morgan fingerprint density at radius 3 is 2.82 bits per heavy atom. The van der Waals surface area contributed by atoms with Crippen LogP contribution < -0.4 is 10.2 Å². The third kappa shape index (κ3) is 7.14. The van der Waals surface area contributed by atoms with Gasteiger partial charge in [0.25, 0.3) is 0 Å². The number of amides is 1. The van der Waals surface area contributed by atoms with Crippen LogP contribution >= 0.6 is 0 Å². The first kappa shape index (κ1) is 23.9. The number of nitrogens with zero attached hydrogens (tertiary/aromatic N) is 5. The molecule has 0 aliphatic carbocycles. The fourth-order valence-electron chi connectivity index (χ4n) is 4.65. The SMILES string of the molecule is Cc1cc(N2CCCCC2CC(=O)NCCCCc2ccccc2)nc(CCn2ccnc2)n1. The summed E-state index contributed by atoms with van der Waals surface area (Å²) >= 11 is 0. The number of rotatable bonds is 11. The van der Waals surface area contributed by atoms with Crippen LogP contribution in [0.5, 0.6) is 0 Å². The van der Waals surface area contributed by atoms with Gasteiger partial charge in [0.1, 0.15) is 11.6 Å². The van der Waals surface area contributed by atoms with E-state index in [2.05, 4.69) is 50.5 Å². The predicted molar refractivity (Wildman–Crippen MR) is 135 cm³/mol. The number of imidazole rings is 1. The number of hydrogen-bond donors (Lipinski definition) is 1. The van der Waals surface area contributed by atoms with Gasteiger partial charge in [-0.05, 0) is 51.0 Å². The summed E-state index contributed by atoms with van der Waals surface area (Å²) in [7, 11) is 0. The van der Waals surface area contributed by atoms with Crippen LogP contribution in [-0.4, -0.2) is 44.6 Å². The quantitative estimate of drug-likeness (QED) is 0.436. The molecule has 4 rings (SSSR count). The molecule has 34 heavy (non-hydrogen) atoms. The maximum atomic E-state index is 12.7. The van der Waals surface area contributed by atoms with Gasteiger partial charge in [-0.15, -0.1) is 0 Å². The highest BCUT2D eigenvalue weighted by atomic mass is 16.1. The Bertz CT molecular complexity index is 1020. The van der Waals surface area contributed by atoms with Crippen molar-refractivity contribution in [3.63, 3.8) is 0 Å². The standard InChI is InChI=1S/C27H36N6O/c1-22-19-26(31-25(30-22)13-17-32-18-15-28-21-32)33-16-8-6-12-24(33)20-27(34)29-14-7-5-11-23-9-3-2-4-10-23/h2-4,9-10,15,18-19,21,24H,5-8,11-14,16-17,20H2,1H3,(H,29,34). The Morgan fingerprint density at radius 1 is 1.12 bits per heavy atom. The lowest BCUT2D eigenvalue weighted by molar-refractivity contribution is -0.121. The third-order valence-corrected chi connectivity index (χ3v) is 6.44. The molecule has 0 saturated carbocycles. The van der Waals surface area contributed by atoms with E-state index in [1.807, 2.05) is 30.1 Å². The van der Waals surface area contributed by atoms with E-state index in [-0.39, 0.29) is 11.9 Å². The Morgan fingerprint density at radius 2 is 2.00 bits per heavy atom. The molecule has 0 bridgehead atoms. The number of piperidine rings is 1. The van der Waals surface area contributed by atoms with Crippen molar-refractivity contribution >= 4 is 11.7 Å². The minimum Gasteiger partial charge on any atom is -0.356 e. The first-order valence-electron chi connectivity index (χ1n) is 12.5. The van der Waals surface area contributed by atoms with Gasteiger partial charge in [-0.3, -0.25) is 4.79 Å². The zero-order chi connectivity index (χ0) is 23.6. The van der Waals surface area contributed by atoms with Gasteiger partial charge in [0.15, 0.2) is 0 Å². The second-order valence-electron chi connectivity index (χ2n) is 9.17. The maximum absolute atomic E-state index is 12.7. The molecule has 1 N–H and O–H groups in total. The van der Waals surface area contributed by atoms with Crippen LogP contribution in [-0.2, 0) is 24.2 Å². The summed E-state index contributed by atoms with van der Waals surface area (Å²) in [5.41, 5.74) is 2.33. The molecule has 0 spiro atoms. The molecule has 1 aliphatic rings. The molecule has 2 aromatic heterocycles. The van der Waals surface area contributed by atoms with Crippen molar-refractivity contribution in [1.29, 1.82) is 0 Å². The molecule has 1 atom stereocenters. The van der Waals surface area contributed by atoms with Crippen molar-refractivity contribution in [2.24, 2.45) is 0 Å². The topological polar surface area (TPSA) is 75.9 Å². The van der Waals surface area contributed by atoms with Crippen LogP contribution in [0.2, 0.25) is 0 Å². The van der Waals surface area contributed by atoms with Gasteiger partial charge in [0, 0.05) is 62.7 Å². The normalized spacial score (nSPS) is 15.9. The second kappa shape index (κ2) is 12.3. The molecule has 1 saturated heterocycles. The lowest BCUT2D eigenvalue weighted by atomic mass is 9.98. The molecule has 1 aromatic carbocycles. The Labute approximate surface area is 202 Å². The lowest BCUT2D eigenvalue weighted by Crippen LogP contribution is -2.43. The molecule has 1 unspecified atom stereocenters. The zero-order valence-electron chi connectivity index (χ0n) is 20.2. The van der Waals surface area contributed by atoms with E-state index in [0.29, 0.717) is 6.42 Å². The molecule has 0 radical (unpaired) electrons. The number of carbonyl (C=O) groups excluding carboxylic acids is 1. The molecular weight excluding hydrogens is 424 g/mol. The van der Waals surface area contributed by atoms with E-state index in [4.69, 9.17) is 4.98 Å². The minimum atomic E-state index is 0.141. The Kier molecular flexibility index (Phi) is 8.65. The molecule has 3 aromatic rings. The number of aryl methyl sites for hydroxylation is 4. The fourth-order valence-corrected chi connectivity index (χ4v) is 4.65. The number of aromatic nitrogens is 4. The van der Waals surface area contributed by atoms with E-state index in [1.54, 1.807) is 6.20 Å². The Balaban J connectivity index is 1.28. The van der Waals surface area contributed by atoms with Gasteiger partial charge in [0.2, 0.25) is 5.91 Å². The highest BCUT2D eigenvalue weighted by Gasteiger charge is 2.26. The van der Waals surface area contributed by atoms with Crippen molar-refractivity contribution in [1.82, 2.24) is 24.8 Å². The van der Waals surface area contributed by atoms with Crippen LogP contribution in [0, 0.1) is 6.92 Å². The van der Waals surface area contributed by atoms with Crippen molar-refractivity contribution in [3.05, 3.63) is 72.2 Å². The van der Waals surface area contributed by atoms with Gasteiger partial charge >= 0.3 is 0 Å². The van der Waals surface area contributed by atoms with Gasteiger partial charge in [0.05, 0.1) is 6.33 Å². The largest absolute Gasteiger partial charge is 0.356 e. The number of nitrogens with one attached hydrogen (secondary N) is 1. The van der Waals surface area contributed by atoms with Crippen molar-refractivity contribution in [3.8, 4) is 0 Å². The lowest BCUT2D eigenvalue weighted by Gasteiger charge is -2.36. The summed E-state index contributed by atoms with van der Waals surface area (Å²) < 4.78 is 2.04. The molecule has 3 heterocycles. The molecule has 1 fully saturated rings. The van der Waals surface area contributed by atoms with Crippen molar-refractivity contribution in [2.75, 3.05) is 18.0 Å². The summed E-state index contributed by atoms with van der Waals surface area (Å²) in [4.78, 5) is 28.7. The van der Waals surface area contributed by atoms with E-state index < -0.39 is 0 Å². The number of hydrogen-bond acceptors (Lipinski definition) is 5. The monoisotopic (exact) mass is 460 g/mol. The van der Waals surface area contributed by atoms with Gasteiger partial charge in [-0.25, -0.2) is 15.0 Å². The average molecular weight is 461 g/mol. The summed E-state index contributed by atoms with van der Waals surface area (Å²) in [5, 5.41) is 3.14. The van der Waals surface area contributed by atoms with Crippen LogP contribution in [0.1, 0.15) is 55.6 Å². The first-order chi connectivity index (χ1) is 16.7. The van der Waals surface area contributed by atoms with Crippen LogP contribution in [0.25, 0.3) is 0 Å². The smallest absolute Gasteiger partial charge is 0.222 e. The molecule has 7 nitrogen and oxygen atoms in total.